The van der Waals surface area contributed by atoms with E-state index in [1.165, 1.54) is 12.1 Å². The molecule has 2 aromatic carbocycles. The van der Waals surface area contributed by atoms with Gasteiger partial charge in [-0.25, -0.2) is 4.79 Å². The van der Waals surface area contributed by atoms with Crippen LogP contribution in [0.2, 0.25) is 0 Å². The third-order valence-corrected chi connectivity index (χ3v) is 12.9. The van der Waals surface area contributed by atoms with Gasteiger partial charge in [0, 0.05) is 66.9 Å². The van der Waals surface area contributed by atoms with Crippen LogP contribution >= 0.6 is 0 Å². The van der Waals surface area contributed by atoms with Crippen molar-refractivity contribution < 1.29 is 40.3 Å². The van der Waals surface area contributed by atoms with E-state index in [9.17, 15) is 35.5 Å². The fourth-order valence-electron chi connectivity index (χ4n) is 8.44. The van der Waals surface area contributed by atoms with Gasteiger partial charge < -0.3 is 25.2 Å². The molecule has 4 N–H and O–H groups in total. The number of fused-ring (bicyclic) bond motifs is 2. The number of hydrogen-bond acceptors (Lipinski definition) is 9. The summed E-state index contributed by atoms with van der Waals surface area (Å²) in [6.07, 6.45) is 6.78. The van der Waals surface area contributed by atoms with E-state index in [0.29, 0.717) is 25.9 Å². The first kappa shape index (κ1) is 44.3. The molecular formula is C40H62N4O9S2. The van der Waals surface area contributed by atoms with Crippen LogP contribution in [0.25, 0.3) is 0 Å². The lowest BCUT2D eigenvalue weighted by Gasteiger charge is -2.35. The second kappa shape index (κ2) is 17.4. The Morgan fingerprint density at radius 3 is 1.87 bits per heavy atom. The lowest BCUT2D eigenvalue weighted by atomic mass is 9.77. The monoisotopic (exact) mass is 806 g/mol. The molecule has 0 radical (unpaired) electrons. The molecule has 0 fully saturated rings. The number of anilines is 2. The molecule has 15 heteroatoms. The Morgan fingerprint density at radius 2 is 1.27 bits per heavy atom. The van der Waals surface area contributed by atoms with Crippen LogP contribution in [-0.4, -0.2) is 81.8 Å². The highest BCUT2D eigenvalue weighted by Gasteiger charge is 2.45. The molecule has 2 atom stereocenters. The van der Waals surface area contributed by atoms with Gasteiger partial charge in [-0.05, 0) is 94.8 Å². The summed E-state index contributed by atoms with van der Waals surface area (Å²) in [6, 6.07) is 10.0. The molecule has 308 valence electrons. The van der Waals surface area contributed by atoms with Crippen LogP contribution in [0.4, 0.5) is 16.2 Å². The Balaban J connectivity index is 1.33. The number of nitrogens with zero attached hydrogens (tertiary/aromatic N) is 2. The largest absolute Gasteiger partial charge is 0.444 e. The molecule has 2 unspecified atom stereocenters. The Hall–Kier alpha value is -3.40. The summed E-state index contributed by atoms with van der Waals surface area (Å²) >= 11 is 0. The molecule has 2 amide bonds. The number of unbranched alkanes of at least 4 members (excludes halogenated alkanes) is 4. The van der Waals surface area contributed by atoms with E-state index < -0.39 is 31.9 Å². The Bertz CT molecular complexity index is 1910. The smallest absolute Gasteiger partial charge is 0.407 e. The molecule has 0 bridgehead atoms. The van der Waals surface area contributed by atoms with Crippen molar-refractivity contribution >= 4 is 43.6 Å². The number of hydrogen-bond donors (Lipinski definition) is 4. The zero-order valence-corrected chi connectivity index (χ0v) is 35.4. The highest BCUT2D eigenvalue weighted by molar-refractivity contribution is 7.86. The molecule has 2 aliphatic heterocycles. The average Bonchev–Trinajstić information content (AvgIpc) is 3.42. The third-order valence-electron chi connectivity index (χ3n) is 11.2. The van der Waals surface area contributed by atoms with E-state index in [2.05, 4.69) is 55.1 Å². The number of nitrogens with one attached hydrogen (secondary N) is 2. The second-order valence-electron chi connectivity index (χ2n) is 17.0. The van der Waals surface area contributed by atoms with Gasteiger partial charge in [-0.15, -0.1) is 0 Å². The maximum absolute atomic E-state index is 12.4. The second-order valence-corrected chi connectivity index (χ2v) is 19.8. The van der Waals surface area contributed by atoms with Crippen LogP contribution < -0.4 is 20.4 Å². The van der Waals surface area contributed by atoms with Crippen LogP contribution in [0.15, 0.2) is 46.2 Å². The summed E-state index contributed by atoms with van der Waals surface area (Å²) in [5, 5.41) is 5.45. The summed E-state index contributed by atoms with van der Waals surface area (Å²) in [5.74, 6) is -0.0934. The number of alkyl carbamates (subject to hydrolysis) is 1. The number of likely N-dealkylation sites (N-methyl/N-ethyl adjacent to an activating group) is 1. The van der Waals surface area contributed by atoms with Crippen LogP contribution in [0.1, 0.15) is 124 Å². The average molecular weight is 807 g/mol. The fourth-order valence-corrected chi connectivity index (χ4v) is 9.44. The molecule has 13 nitrogen and oxygen atoms in total. The van der Waals surface area contributed by atoms with Gasteiger partial charge in [-0.2, -0.15) is 16.8 Å². The van der Waals surface area contributed by atoms with Crippen molar-refractivity contribution in [2.24, 2.45) is 0 Å². The molecule has 0 aliphatic carbocycles. The van der Waals surface area contributed by atoms with Crippen molar-refractivity contribution in [2.45, 2.75) is 151 Å². The van der Waals surface area contributed by atoms with E-state index in [4.69, 9.17) is 4.74 Å². The van der Waals surface area contributed by atoms with Gasteiger partial charge in [0.1, 0.15) is 5.60 Å². The predicted octanol–water partition coefficient (Wildman–Crippen LogP) is 6.98. The molecule has 2 aromatic rings. The first-order valence-corrected chi connectivity index (χ1v) is 22.4. The Morgan fingerprint density at radius 1 is 0.727 bits per heavy atom. The number of amides is 2. The molecule has 0 spiro atoms. The summed E-state index contributed by atoms with van der Waals surface area (Å²) in [7, 11) is -8.70. The van der Waals surface area contributed by atoms with Gasteiger partial charge in [0.25, 0.3) is 20.2 Å². The number of rotatable bonds is 18. The summed E-state index contributed by atoms with van der Waals surface area (Å²) in [5.41, 5.74) is 2.59. The SMILES string of the molecule is CCN1c2ccc(S(=O)(=O)O)cc2C(C)(C)C1CCCCCC1N(CCCCCC(=O)NCCNC(=O)OC(C)(C)C)c2cc(S(=O)(=O)O)ccc2C1(C)C. The predicted molar refractivity (Wildman–Crippen MR) is 215 cm³/mol. The van der Waals surface area contributed by atoms with Crippen molar-refractivity contribution in [3.8, 4) is 0 Å². The van der Waals surface area contributed by atoms with Gasteiger partial charge in [0.2, 0.25) is 5.91 Å². The first-order valence-electron chi connectivity index (χ1n) is 19.5. The topological polar surface area (TPSA) is 183 Å². The maximum Gasteiger partial charge on any atom is 0.407 e. The van der Waals surface area contributed by atoms with E-state index >= 15 is 0 Å². The molecule has 2 aliphatic rings. The fraction of sp³-hybridized carbons (Fsp3) is 0.650. The normalized spacial score (nSPS) is 18.9. The standard InChI is InChI=1S/C40H62N4O9S2/c1-9-43-32-22-20-28(54(47,48)49)26-31(32)40(7,8)34(43)16-12-10-13-17-35-39(5,6)30-21-19-29(55(50,51)52)27-33(30)44(35)25-15-11-14-18-36(45)41-23-24-42-37(46)53-38(2,3)4/h19-22,26-27,34-35H,9-18,23-25H2,1-8H3,(H,41,45)(H,42,46)(H,47,48,49)(H,50,51,52). The molecule has 0 saturated carbocycles. The lowest BCUT2D eigenvalue weighted by molar-refractivity contribution is -0.121. The zero-order valence-electron chi connectivity index (χ0n) is 33.8. The highest BCUT2D eigenvalue weighted by atomic mass is 32.2. The molecule has 0 aromatic heterocycles. The van der Waals surface area contributed by atoms with E-state index in [-0.39, 0.29) is 45.2 Å². The van der Waals surface area contributed by atoms with Crippen LogP contribution in [0.5, 0.6) is 0 Å². The van der Waals surface area contributed by atoms with Crippen molar-refractivity contribution in [3.63, 3.8) is 0 Å². The van der Waals surface area contributed by atoms with Gasteiger partial charge >= 0.3 is 6.09 Å². The first-order chi connectivity index (χ1) is 25.5. The van der Waals surface area contributed by atoms with E-state index in [1.807, 2.05) is 6.07 Å². The van der Waals surface area contributed by atoms with Crippen LogP contribution in [0, 0.1) is 0 Å². The van der Waals surface area contributed by atoms with Crippen molar-refractivity contribution in [1.29, 1.82) is 0 Å². The molecule has 4 rings (SSSR count). The van der Waals surface area contributed by atoms with Gasteiger partial charge in [0.15, 0.2) is 0 Å². The molecular weight excluding hydrogens is 745 g/mol. The molecule has 2 heterocycles. The minimum atomic E-state index is -4.39. The molecule has 0 saturated heterocycles. The number of carbonyl (C=O) groups excluding carboxylic acids is 2. The number of benzene rings is 2. The van der Waals surface area contributed by atoms with Gasteiger partial charge in [-0.3, -0.25) is 13.9 Å². The van der Waals surface area contributed by atoms with Crippen LogP contribution in [0.3, 0.4) is 0 Å². The summed E-state index contributed by atoms with van der Waals surface area (Å²) < 4.78 is 72.8. The van der Waals surface area contributed by atoms with Crippen molar-refractivity contribution in [3.05, 3.63) is 47.5 Å². The van der Waals surface area contributed by atoms with E-state index in [0.717, 1.165) is 74.0 Å². The minimum Gasteiger partial charge on any atom is -0.444 e. The van der Waals surface area contributed by atoms with Crippen LogP contribution in [-0.2, 0) is 40.6 Å². The Labute approximate surface area is 328 Å². The quantitative estimate of drug-likeness (QED) is 0.0901. The minimum absolute atomic E-state index is 0.0866. The Kier molecular flexibility index (Phi) is 14.0. The summed E-state index contributed by atoms with van der Waals surface area (Å²) in [4.78, 5) is 28.6. The summed E-state index contributed by atoms with van der Waals surface area (Å²) in [6.45, 7) is 18.1. The number of carbonyl (C=O) groups is 2. The van der Waals surface area contributed by atoms with E-state index in [1.54, 1.807) is 39.0 Å². The number of ether oxygens (including phenoxy) is 1. The molecule has 55 heavy (non-hydrogen) atoms. The maximum atomic E-state index is 12.4. The zero-order chi connectivity index (χ0) is 41.0. The highest BCUT2D eigenvalue weighted by Crippen LogP contribution is 2.49. The van der Waals surface area contributed by atoms with Gasteiger partial charge in [0.05, 0.1) is 9.79 Å². The lowest BCUT2D eigenvalue weighted by Crippen LogP contribution is -2.42. The third kappa shape index (κ3) is 10.9. The van der Waals surface area contributed by atoms with Crippen molar-refractivity contribution in [2.75, 3.05) is 36.0 Å². The van der Waals surface area contributed by atoms with Gasteiger partial charge in [-0.1, -0.05) is 59.4 Å². The van der Waals surface area contributed by atoms with Crippen molar-refractivity contribution in [1.82, 2.24) is 10.6 Å².